The fraction of sp³-hybridized carbons (Fsp3) is 0.412. The van der Waals surface area contributed by atoms with Crippen LogP contribution in [0, 0.1) is 6.92 Å². The van der Waals surface area contributed by atoms with Crippen molar-refractivity contribution in [1.29, 1.82) is 0 Å². The number of benzene rings is 1. The van der Waals surface area contributed by atoms with E-state index in [0.29, 0.717) is 18.2 Å². The summed E-state index contributed by atoms with van der Waals surface area (Å²) in [6.45, 7) is 2.79. The molecule has 26 heavy (non-hydrogen) atoms. The SMILES string of the molecule is Cc1csc(NC(=O)c2ccc(Cl)c(S(=O)(=O)N3CCCCCC3)c2)n1. The number of aryl methyl sites for hydroxylation is 1. The third-order valence-electron chi connectivity index (χ3n) is 4.22. The zero-order valence-electron chi connectivity index (χ0n) is 14.4. The number of nitrogens with zero attached hydrogens (tertiary/aromatic N) is 2. The van der Waals surface area contributed by atoms with Crippen molar-refractivity contribution >= 4 is 44.0 Å². The highest BCUT2D eigenvalue weighted by atomic mass is 35.5. The molecule has 0 saturated carbocycles. The van der Waals surface area contributed by atoms with Gasteiger partial charge in [0, 0.05) is 24.0 Å². The van der Waals surface area contributed by atoms with Gasteiger partial charge in [0.2, 0.25) is 10.0 Å². The Morgan fingerprint density at radius 2 is 1.92 bits per heavy atom. The molecule has 9 heteroatoms. The van der Waals surface area contributed by atoms with Crippen LogP contribution in [0.1, 0.15) is 41.7 Å². The van der Waals surface area contributed by atoms with Gasteiger partial charge >= 0.3 is 0 Å². The monoisotopic (exact) mass is 413 g/mol. The van der Waals surface area contributed by atoms with Crippen LogP contribution >= 0.6 is 22.9 Å². The Labute approximate surface area is 162 Å². The molecule has 0 bridgehead atoms. The molecule has 0 aliphatic carbocycles. The molecule has 6 nitrogen and oxygen atoms in total. The average molecular weight is 414 g/mol. The van der Waals surface area contributed by atoms with Crippen LogP contribution in [0.4, 0.5) is 5.13 Å². The van der Waals surface area contributed by atoms with E-state index >= 15 is 0 Å². The summed E-state index contributed by atoms with van der Waals surface area (Å²) in [6.07, 6.45) is 3.71. The normalized spacial score (nSPS) is 16.2. The number of halogens is 1. The minimum atomic E-state index is -3.73. The summed E-state index contributed by atoms with van der Waals surface area (Å²) in [5.41, 5.74) is 1.04. The van der Waals surface area contributed by atoms with Crippen LogP contribution in [-0.2, 0) is 10.0 Å². The maximum Gasteiger partial charge on any atom is 0.257 e. The minimum absolute atomic E-state index is 0.0240. The second-order valence-corrected chi connectivity index (χ2v) is 9.38. The zero-order chi connectivity index (χ0) is 18.7. The highest BCUT2D eigenvalue weighted by Crippen LogP contribution is 2.28. The number of hydrogen-bond donors (Lipinski definition) is 1. The van der Waals surface area contributed by atoms with E-state index in [1.807, 2.05) is 12.3 Å². The van der Waals surface area contributed by atoms with Gasteiger partial charge in [-0.2, -0.15) is 4.31 Å². The third kappa shape index (κ3) is 4.25. The molecule has 3 rings (SSSR count). The number of thiazole rings is 1. The predicted molar refractivity (Wildman–Crippen MR) is 103 cm³/mol. The second-order valence-electron chi connectivity index (χ2n) is 6.21. The van der Waals surface area contributed by atoms with Gasteiger partial charge in [0.25, 0.3) is 5.91 Å². The molecule has 1 N–H and O–H groups in total. The number of sulfonamides is 1. The molecule has 2 heterocycles. The number of amides is 1. The first-order chi connectivity index (χ1) is 12.4. The number of carbonyl (C=O) groups is 1. The highest BCUT2D eigenvalue weighted by molar-refractivity contribution is 7.89. The van der Waals surface area contributed by atoms with Gasteiger partial charge in [-0.25, -0.2) is 13.4 Å². The van der Waals surface area contributed by atoms with Crippen LogP contribution in [0.3, 0.4) is 0 Å². The van der Waals surface area contributed by atoms with Crippen molar-refractivity contribution in [2.45, 2.75) is 37.5 Å². The van der Waals surface area contributed by atoms with Crippen molar-refractivity contribution in [3.05, 3.63) is 39.9 Å². The number of anilines is 1. The molecular formula is C17H20ClN3O3S2. The van der Waals surface area contributed by atoms with Crippen LogP contribution in [0.5, 0.6) is 0 Å². The third-order valence-corrected chi connectivity index (χ3v) is 7.47. The summed E-state index contributed by atoms with van der Waals surface area (Å²) in [5, 5.41) is 5.10. The summed E-state index contributed by atoms with van der Waals surface area (Å²) < 4.78 is 27.5. The Balaban J connectivity index is 1.88. The van der Waals surface area contributed by atoms with Crippen molar-refractivity contribution in [2.75, 3.05) is 18.4 Å². The lowest BCUT2D eigenvalue weighted by Crippen LogP contribution is -2.32. The molecule has 1 aromatic heterocycles. The first-order valence-electron chi connectivity index (χ1n) is 8.41. The molecule has 140 valence electrons. The Hall–Kier alpha value is -1.48. The maximum atomic E-state index is 13.0. The van der Waals surface area contributed by atoms with Gasteiger partial charge in [0.15, 0.2) is 5.13 Å². The Bertz CT molecular complexity index is 904. The van der Waals surface area contributed by atoms with Crippen LogP contribution in [0.2, 0.25) is 5.02 Å². The topological polar surface area (TPSA) is 79.4 Å². The fourth-order valence-corrected chi connectivity index (χ4v) is 5.54. The minimum Gasteiger partial charge on any atom is -0.298 e. The average Bonchev–Trinajstić information content (AvgIpc) is 2.85. The van der Waals surface area contributed by atoms with Crippen molar-refractivity contribution in [1.82, 2.24) is 9.29 Å². The molecule has 1 aromatic carbocycles. The number of nitrogens with one attached hydrogen (secondary N) is 1. The van der Waals surface area contributed by atoms with E-state index in [2.05, 4.69) is 10.3 Å². The van der Waals surface area contributed by atoms with Crippen LogP contribution in [0.15, 0.2) is 28.5 Å². The first kappa shape index (κ1) is 19.3. The zero-order valence-corrected chi connectivity index (χ0v) is 16.8. The second kappa shape index (κ2) is 8.04. The number of rotatable bonds is 4. The van der Waals surface area contributed by atoms with Crippen molar-refractivity contribution in [3.63, 3.8) is 0 Å². The summed E-state index contributed by atoms with van der Waals surface area (Å²) in [4.78, 5) is 16.6. The van der Waals surface area contributed by atoms with Gasteiger partial charge in [0.05, 0.1) is 10.7 Å². The molecule has 1 fully saturated rings. The molecule has 0 spiro atoms. The highest BCUT2D eigenvalue weighted by Gasteiger charge is 2.28. The van der Waals surface area contributed by atoms with Crippen molar-refractivity contribution in [3.8, 4) is 0 Å². The standard InChI is InChI=1S/C17H20ClN3O3S2/c1-12-11-25-17(19-12)20-16(22)13-6-7-14(18)15(10-13)26(23,24)21-8-4-2-3-5-9-21/h6-7,10-11H,2-5,8-9H2,1H3,(H,19,20,22). The molecule has 2 aromatic rings. The Morgan fingerprint density at radius 3 is 2.54 bits per heavy atom. The Kier molecular flexibility index (Phi) is 5.96. The molecule has 0 radical (unpaired) electrons. The molecule has 1 amide bonds. The van der Waals surface area contributed by atoms with Crippen molar-refractivity contribution < 1.29 is 13.2 Å². The van der Waals surface area contributed by atoms with Crippen molar-refractivity contribution in [2.24, 2.45) is 0 Å². The van der Waals surface area contributed by atoms with E-state index in [0.717, 1.165) is 31.4 Å². The van der Waals surface area contributed by atoms with Gasteiger partial charge in [-0.1, -0.05) is 24.4 Å². The smallest absolute Gasteiger partial charge is 0.257 e. The van der Waals surface area contributed by atoms with Gasteiger partial charge in [0.1, 0.15) is 4.90 Å². The maximum absolute atomic E-state index is 13.0. The summed E-state index contributed by atoms with van der Waals surface area (Å²) in [7, 11) is -3.73. The van der Waals surface area contributed by atoms with E-state index in [1.54, 1.807) is 0 Å². The van der Waals surface area contributed by atoms with Gasteiger partial charge < -0.3 is 0 Å². The number of carbonyl (C=O) groups excluding carboxylic acids is 1. The number of hydrogen-bond acceptors (Lipinski definition) is 5. The fourth-order valence-electron chi connectivity index (χ4n) is 2.84. The molecule has 0 unspecified atom stereocenters. The van der Waals surface area contributed by atoms with Crippen LogP contribution in [0.25, 0.3) is 0 Å². The first-order valence-corrected chi connectivity index (χ1v) is 11.1. The molecule has 1 saturated heterocycles. The quantitative estimate of drug-likeness (QED) is 0.823. The van der Waals surface area contributed by atoms with Crippen LogP contribution in [-0.4, -0.2) is 36.7 Å². The van der Waals surface area contributed by atoms with E-state index < -0.39 is 15.9 Å². The van der Waals surface area contributed by atoms with E-state index in [1.165, 1.54) is 33.8 Å². The summed E-state index contributed by atoms with van der Waals surface area (Å²) >= 11 is 7.48. The van der Waals surface area contributed by atoms with Crippen LogP contribution < -0.4 is 5.32 Å². The van der Waals surface area contributed by atoms with E-state index in [-0.39, 0.29) is 15.5 Å². The largest absolute Gasteiger partial charge is 0.298 e. The van der Waals surface area contributed by atoms with E-state index in [4.69, 9.17) is 11.6 Å². The lowest BCUT2D eigenvalue weighted by molar-refractivity contribution is 0.102. The van der Waals surface area contributed by atoms with Gasteiger partial charge in [-0.15, -0.1) is 11.3 Å². The molecular weight excluding hydrogens is 394 g/mol. The van der Waals surface area contributed by atoms with Gasteiger partial charge in [-0.05, 0) is 38.0 Å². The summed E-state index contributed by atoms with van der Waals surface area (Å²) in [5.74, 6) is -0.414. The van der Waals surface area contributed by atoms with E-state index in [9.17, 15) is 13.2 Å². The molecule has 1 aliphatic rings. The Morgan fingerprint density at radius 1 is 1.23 bits per heavy atom. The predicted octanol–water partition coefficient (Wildman–Crippen LogP) is 3.92. The number of aromatic nitrogens is 1. The summed E-state index contributed by atoms with van der Waals surface area (Å²) in [6, 6.07) is 4.31. The molecule has 0 atom stereocenters. The lowest BCUT2D eigenvalue weighted by Gasteiger charge is -2.21. The molecule has 1 aliphatic heterocycles. The van der Waals surface area contributed by atoms with Gasteiger partial charge in [-0.3, -0.25) is 10.1 Å². The lowest BCUT2D eigenvalue weighted by atomic mass is 10.2.